The lowest BCUT2D eigenvalue weighted by Gasteiger charge is -2.21. The maximum absolute atomic E-state index is 5.32. The predicted molar refractivity (Wildman–Crippen MR) is 535 cm³/mol. The molecule has 0 atom stereocenters. The summed E-state index contributed by atoms with van der Waals surface area (Å²) in [5.41, 5.74) is 36.6. The minimum Gasteiger partial charge on any atom is -0.292 e. The van der Waals surface area contributed by atoms with Crippen LogP contribution in [-0.2, 0) is 16.2 Å². The lowest BCUT2D eigenvalue weighted by Crippen LogP contribution is -2.14. The summed E-state index contributed by atoms with van der Waals surface area (Å²) >= 11 is 0. The van der Waals surface area contributed by atoms with E-state index in [1.807, 2.05) is 72.8 Å². The summed E-state index contributed by atoms with van der Waals surface area (Å²) in [6.07, 6.45) is 0. The Bertz CT molecular complexity index is 8420. The van der Waals surface area contributed by atoms with Gasteiger partial charge in [-0.25, -0.2) is 24.9 Å². The van der Waals surface area contributed by atoms with Gasteiger partial charge in [0.15, 0.2) is 17.5 Å². The number of nitrogens with zero attached hydrogens (tertiary/aromatic N) is 10. The highest BCUT2D eigenvalue weighted by atomic mass is 15.2. The second-order valence-corrected chi connectivity index (χ2v) is 35.9. The number of aromatic nitrogens is 10. The van der Waals surface area contributed by atoms with Crippen molar-refractivity contribution in [3.63, 3.8) is 0 Å². The van der Waals surface area contributed by atoms with E-state index in [4.69, 9.17) is 34.9 Å². The Morgan fingerprint density at radius 3 is 1.01 bits per heavy atom. The molecule has 10 nitrogen and oxygen atoms in total. The van der Waals surface area contributed by atoms with Crippen molar-refractivity contribution >= 4 is 76.5 Å². The summed E-state index contributed by atoms with van der Waals surface area (Å²) in [7, 11) is 0. The summed E-state index contributed by atoms with van der Waals surface area (Å²) in [5.74, 6) is 3.41. The minimum atomic E-state index is -0.111. The Hall–Kier alpha value is -16.4. The van der Waals surface area contributed by atoms with E-state index in [2.05, 4.69) is 395 Å². The molecular weight excluding hydrogens is 1580 g/mol. The zero-order valence-corrected chi connectivity index (χ0v) is 72.7. The van der Waals surface area contributed by atoms with Crippen LogP contribution in [0.15, 0.2) is 413 Å². The molecule has 23 aromatic rings. The predicted octanol–water partition coefficient (Wildman–Crippen LogP) is 29.9. The monoisotopic (exact) mass is 1670 g/mol. The SMILES string of the molecule is CC1(C)c2ccccc2-c2cc3c(cc21)c1cc(-c2ccccc2)ccc1n3-c1nc(-c2ccccc2)nc(-c2ccccc2)n1.CC1(C)c2ccccc2-c2cc3c(cc21)c1ccccc1n3-c1nc(-c2ccccc2)cc(-c2cccc(-c3ccccc3)c2)n1.CC1(C)c2ccccc2-c2cc3c(cc21)c1ccccc1n3-c1nc2ccccc2nc1-c1ccccc1. The molecule has 17 aromatic carbocycles. The maximum atomic E-state index is 5.32. The molecule has 616 valence electrons. The first-order valence-electron chi connectivity index (χ1n) is 44.7. The fourth-order valence-corrected chi connectivity index (χ4v) is 20.8. The van der Waals surface area contributed by atoms with E-state index in [0.29, 0.717) is 23.5 Å². The molecule has 0 aliphatic heterocycles. The van der Waals surface area contributed by atoms with Gasteiger partial charge in [-0.05, 0) is 174 Å². The molecule has 0 radical (unpaired) electrons. The Morgan fingerprint density at radius 2 is 0.523 bits per heavy atom. The van der Waals surface area contributed by atoms with Crippen LogP contribution in [0.4, 0.5) is 0 Å². The molecular formula is C120H86N10. The molecule has 3 aliphatic rings. The number of hydrogen-bond donors (Lipinski definition) is 0. The van der Waals surface area contributed by atoms with Gasteiger partial charge in [-0.2, -0.15) is 9.97 Å². The fraction of sp³-hybridized carbons (Fsp3) is 0.0750. The van der Waals surface area contributed by atoms with E-state index in [9.17, 15) is 0 Å². The summed E-state index contributed by atoms with van der Waals surface area (Å²) in [6, 6.07) is 146. The molecule has 26 rings (SSSR count). The third-order valence-corrected chi connectivity index (χ3v) is 27.3. The maximum Gasteiger partial charge on any atom is 0.238 e. The molecule has 10 heteroatoms. The summed E-state index contributed by atoms with van der Waals surface area (Å²) in [6.45, 7) is 14.0. The van der Waals surface area contributed by atoms with Crippen LogP contribution in [0.3, 0.4) is 0 Å². The Balaban J connectivity index is 0.000000109. The highest BCUT2D eigenvalue weighted by molar-refractivity contribution is 6.15. The van der Waals surface area contributed by atoms with Crippen LogP contribution in [0.2, 0.25) is 0 Å². The van der Waals surface area contributed by atoms with Crippen LogP contribution in [0.5, 0.6) is 0 Å². The Labute approximate surface area is 753 Å². The van der Waals surface area contributed by atoms with E-state index in [1.165, 1.54) is 116 Å². The lowest BCUT2D eigenvalue weighted by molar-refractivity contribution is 0.661. The number of benzene rings is 17. The van der Waals surface area contributed by atoms with Gasteiger partial charge in [0.2, 0.25) is 11.9 Å². The zero-order chi connectivity index (χ0) is 87.1. The van der Waals surface area contributed by atoms with Gasteiger partial charge in [0.1, 0.15) is 5.69 Å². The van der Waals surface area contributed by atoms with Gasteiger partial charge in [0, 0.05) is 76.4 Å². The normalized spacial score (nSPS) is 13.3. The van der Waals surface area contributed by atoms with Gasteiger partial charge in [-0.3, -0.25) is 13.7 Å². The number of rotatable bonds is 10. The first-order chi connectivity index (χ1) is 63.7. The van der Waals surface area contributed by atoms with Crippen molar-refractivity contribution in [2.45, 2.75) is 57.8 Å². The first-order valence-corrected chi connectivity index (χ1v) is 44.7. The molecule has 6 aromatic heterocycles. The van der Waals surface area contributed by atoms with Crippen LogP contribution >= 0.6 is 0 Å². The average molecular weight is 1670 g/mol. The van der Waals surface area contributed by atoms with Crippen LogP contribution in [-0.4, -0.2) is 48.6 Å². The van der Waals surface area contributed by atoms with E-state index < -0.39 is 0 Å². The standard InChI is InChI=1S/C43H31N3.C42H30N4.C35H25N3/c1-43(2)36-22-11-9-20-32(36)34-26-41-35(25-37(34)43)33-21-10-12-23-40(33)46(41)42-44-38(29-16-7-4-8-17-29)27-39(45-42)31-19-13-18-30(24-31)28-14-5-3-6-15-28;1-42(2)35-21-13-12-20-31(35)32-26-38-34(25-36(32)42)33-24-30(27-14-6-3-7-15-27)22-23-37(33)46(38)41-44-39(28-16-8-4-9-17-28)43-40(45-41)29-18-10-5-11-19-29;1-35(2)27-16-8-6-14-23(27)25-21-32-26(20-28(25)35)24-15-7-11-19-31(24)38(32)34-33(22-12-4-3-5-13-22)36-29-17-9-10-18-30(29)37-34/h3-27H,1-2H3;3-26H,1-2H3;3-21H,1-2H3. The largest absolute Gasteiger partial charge is 0.292 e. The van der Waals surface area contributed by atoms with Gasteiger partial charge < -0.3 is 0 Å². The molecule has 0 N–H and O–H groups in total. The molecule has 0 bridgehead atoms. The fourth-order valence-electron chi connectivity index (χ4n) is 20.8. The van der Waals surface area contributed by atoms with Crippen molar-refractivity contribution in [2.75, 3.05) is 0 Å². The molecule has 6 heterocycles. The smallest absolute Gasteiger partial charge is 0.238 e. The number of para-hydroxylation sites is 4. The third-order valence-electron chi connectivity index (χ3n) is 27.3. The molecule has 0 amide bonds. The van der Waals surface area contributed by atoms with Gasteiger partial charge >= 0.3 is 0 Å². The van der Waals surface area contributed by atoms with Crippen LogP contribution in [0.1, 0.15) is 74.9 Å². The summed E-state index contributed by atoms with van der Waals surface area (Å²) in [4.78, 5) is 36.3. The average Bonchev–Trinajstić information content (AvgIpc) is 1.55. The second kappa shape index (κ2) is 30.4. The molecule has 0 saturated carbocycles. The Morgan fingerprint density at radius 1 is 0.185 bits per heavy atom. The zero-order valence-electron chi connectivity index (χ0n) is 72.7. The lowest BCUT2D eigenvalue weighted by atomic mass is 9.82. The summed E-state index contributed by atoms with van der Waals surface area (Å²) in [5, 5.41) is 7.26. The van der Waals surface area contributed by atoms with Crippen molar-refractivity contribution in [3.05, 3.63) is 446 Å². The molecule has 130 heavy (non-hydrogen) atoms. The minimum absolute atomic E-state index is 0.0543. The van der Waals surface area contributed by atoms with Crippen molar-refractivity contribution in [1.82, 2.24) is 48.6 Å². The number of hydrogen-bond acceptors (Lipinski definition) is 7. The second-order valence-electron chi connectivity index (χ2n) is 35.9. The van der Waals surface area contributed by atoms with Gasteiger partial charge in [0.25, 0.3) is 0 Å². The van der Waals surface area contributed by atoms with Crippen molar-refractivity contribution in [3.8, 4) is 130 Å². The number of fused-ring (bicyclic) bond motifs is 19. The topological polar surface area (TPSA) is 105 Å². The Kier molecular flexibility index (Phi) is 18.1. The van der Waals surface area contributed by atoms with E-state index in [-0.39, 0.29) is 16.2 Å². The van der Waals surface area contributed by atoms with E-state index >= 15 is 0 Å². The van der Waals surface area contributed by atoms with E-state index in [1.54, 1.807) is 0 Å². The van der Waals surface area contributed by atoms with Crippen molar-refractivity contribution in [2.24, 2.45) is 0 Å². The molecule has 0 saturated heterocycles. The summed E-state index contributed by atoms with van der Waals surface area (Å²) < 4.78 is 6.81. The molecule has 0 spiro atoms. The molecule has 0 unspecified atom stereocenters. The van der Waals surface area contributed by atoms with Crippen LogP contribution < -0.4 is 0 Å². The highest BCUT2D eigenvalue weighted by Gasteiger charge is 2.40. The molecule has 3 aliphatic carbocycles. The van der Waals surface area contributed by atoms with Crippen LogP contribution in [0, 0.1) is 0 Å². The van der Waals surface area contributed by atoms with E-state index in [0.717, 1.165) is 100 Å². The van der Waals surface area contributed by atoms with Crippen molar-refractivity contribution in [1.29, 1.82) is 0 Å². The first kappa shape index (κ1) is 77.2. The van der Waals surface area contributed by atoms with Gasteiger partial charge in [-0.15, -0.1) is 0 Å². The quantitative estimate of drug-likeness (QED) is 0.134. The van der Waals surface area contributed by atoms with Gasteiger partial charge in [-0.1, -0.05) is 369 Å². The van der Waals surface area contributed by atoms with Gasteiger partial charge in [0.05, 0.1) is 55.5 Å². The third kappa shape index (κ3) is 12.6. The van der Waals surface area contributed by atoms with Crippen molar-refractivity contribution < 1.29 is 0 Å². The highest BCUT2D eigenvalue weighted by Crippen LogP contribution is 2.55. The molecule has 0 fully saturated rings. The van der Waals surface area contributed by atoms with Crippen LogP contribution in [0.25, 0.3) is 206 Å².